The van der Waals surface area contributed by atoms with Crippen LogP contribution in [-0.4, -0.2) is 41.7 Å². The Morgan fingerprint density at radius 1 is 1.44 bits per heavy atom. The number of aliphatic carboxylic acids is 1. The lowest BCUT2D eigenvalue weighted by atomic mass is 9.95. The molecule has 1 heterocycles. The van der Waals surface area contributed by atoms with Crippen LogP contribution in [0.2, 0.25) is 0 Å². The zero-order valence-corrected chi connectivity index (χ0v) is 9.44. The molecular formula is C10H18N2O4. The van der Waals surface area contributed by atoms with Gasteiger partial charge in [-0.3, -0.25) is 4.84 Å². The van der Waals surface area contributed by atoms with Gasteiger partial charge in [0.25, 0.3) is 0 Å². The molecule has 2 amide bonds. The highest BCUT2D eigenvalue weighted by Crippen LogP contribution is 2.19. The molecule has 6 nitrogen and oxygen atoms in total. The lowest BCUT2D eigenvalue weighted by Gasteiger charge is -2.31. The monoisotopic (exact) mass is 230 g/mol. The van der Waals surface area contributed by atoms with Gasteiger partial charge in [-0.2, -0.15) is 0 Å². The van der Waals surface area contributed by atoms with Crippen LogP contribution in [0.3, 0.4) is 0 Å². The molecule has 1 aliphatic heterocycles. The summed E-state index contributed by atoms with van der Waals surface area (Å²) in [4.78, 5) is 27.8. The minimum atomic E-state index is -1.11. The van der Waals surface area contributed by atoms with Crippen molar-refractivity contribution in [2.75, 3.05) is 19.7 Å². The van der Waals surface area contributed by atoms with Crippen LogP contribution in [-0.2, 0) is 9.63 Å². The fourth-order valence-electron chi connectivity index (χ4n) is 1.77. The topological polar surface area (TPSA) is 78.9 Å². The molecule has 0 unspecified atom stereocenters. The lowest BCUT2D eigenvalue weighted by molar-refractivity contribution is -0.144. The van der Waals surface area contributed by atoms with Gasteiger partial charge in [-0.15, -0.1) is 0 Å². The predicted molar refractivity (Wildman–Crippen MR) is 56.7 cm³/mol. The van der Waals surface area contributed by atoms with Crippen LogP contribution in [0, 0.1) is 5.92 Å². The molecule has 1 aliphatic rings. The van der Waals surface area contributed by atoms with E-state index in [1.807, 2.05) is 0 Å². The largest absolute Gasteiger partial charge is 0.479 e. The highest BCUT2D eigenvalue weighted by Gasteiger charge is 2.21. The third-order valence-electron chi connectivity index (χ3n) is 2.83. The number of nitrogens with zero attached hydrogens (tertiary/aromatic N) is 1. The van der Waals surface area contributed by atoms with Gasteiger partial charge in [0.15, 0.2) is 6.61 Å². The van der Waals surface area contributed by atoms with E-state index in [2.05, 4.69) is 17.2 Å². The predicted octanol–water partition coefficient (Wildman–Crippen LogP) is 0.834. The van der Waals surface area contributed by atoms with Gasteiger partial charge in [0.1, 0.15) is 0 Å². The first-order valence-corrected chi connectivity index (χ1v) is 5.52. The minimum absolute atomic E-state index is 0.351. The zero-order valence-electron chi connectivity index (χ0n) is 9.44. The molecule has 0 aromatic heterocycles. The quantitative estimate of drug-likeness (QED) is 0.701. The van der Waals surface area contributed by atoms with Gasteiger partial charge in [0.05, 0.1) is 0 Å². The second-order valence-electron chi connectivity index (χ2n) is 3.93. The molecule has 0 saturated carbocycles. The molecule has 0 aromatic rings. The summed E-state index contributed by atoms with van der Waals surface area (Å²) in [5.74, 6) is -0.408. The molecule has 0 radical (unpaired) electrons. The number of likely N-dealkylation sites (tertiary alicyclic amines) is 1. The van der Waals surface area contributed by atoms with E-state index in [0.717, 1.165) is 19.3 Å². The van der Waals surface area contributed by atoms with Crippen molar-refractivity contribution in [3.8, 4) is 0 Å². The summed E-state index contributed by atoms with van der Waals surface area (Å²) in [5, 5.41) is 8.31. The van der Waals surface area contributed by atoms with Gasteiger partial charge < -0.3 is 10.0 Å². The van der Waals surface area contributed by atoms with Gasteiger partial charge in [-0.25, -0.2) is 15.1 Å². The van der Waals surface area contributed by atoms with E-state index in [0.29, 0.717) is 19.0 Å². The Kier molecular flexibility index (Phi) is 5.04. The van der Waals surface area contributed by atoms with Crippen LogP contribution < -0.4 is 5.48 Å². The molecule has 0 spiro atoms. The number of carbonyl (C=O) groups is 2. The summed E-state index contributed by atoms with van der Waals surface area (Å²) in [6.45, 7) is 3.05. The number of carboxylic acid groups (broad SMARTS) is 1. The number of urea groups is 1. The van der Waals surface area contributed by atoms with Crippen LogP contribution in [0.1, 0.15) is 26.2 Å². The third kappa shape index (κ3) is 4.06. The van der Waals surface area contributed by atoms with Gasteiger partial charge in [0, 0.05) is 13.1 Å². The van der Waals surface area contributed by atoms with Crippen molar-refractivity contribution in [3.05, 3.63) is 0 Å². The molecule has 6 heteroatoms. The first kappa shape index (κ1) is 12.8. The molecule has 92 valence electrons. The number of hydroxylamine groups is 1. The Balaban J connectivity index is 2.20. The van der Waals surface area contributed by atoms with Gasteiger partial charge in [-0.1, -0.05) is 13.3 Å². The summed E-state index contributed by atoms with van der Waals surface area (Å²) in [5.41, 5.74) is 2.12. The van der Waals surface area contributed by atoms with Crippen LogP contribution in [0.4, 0.5) is 4.79 Å². The Bertz CT molecular complexity index is 249. The minimum Gasteiger partial charge on any atom is -0.479 e. The SMILES string of the molecule is CCC1CCN(C(=O)NOCC(=O)O)CC1. The summed E-state index contributed by atoms with van der Waals surface area (Å²) in [6.07, 6.45) is 3.15. The van der Waals surface area contributed by atoms with E-state index in [-0.39, 0.29) is 6.03 Å². The highest BCUT2D eigenvalue weighted by molar-refractivity contribution is 5.73. The fraction of sp³-hybridized carbons (Fsp3) is 0.800. The molecule has 0 atom stereocenters. The van der Waals surface area contributed by atoms with E-state index < -0.39 is 12.6 Å². The van der Waals surface area contributed by atoms with E-state index in [9.17, 15) is 9.59 Å². The smallest absolute Gasteiger partial charge is 0.341 e. The van der Waals surface area contributed by atoms with Crippen LogP contribution in [0.15, 0.2) is 0 Å². The average Bonchev–Trinajstić information content (AvgIpc) is 2.28. The zero-order chi connectivity index (χ0) is 12.0. The lowest BCUT2D eigenvalue weighted by Crippen LogP contribution is -2.44. The number of carbonyl (C=O) groups excluding carboxylic acids is 1. The maximum atomic E-state index is 11.5. The number of piperidine rings is 1. The molecule has 1 saturated heterocycles. The highest BCUT2D eigenvalue weighted by atomic mass is 16.7. The van der Waals surface area contributed by atoms with Crippen LogP contribution >= 0.6 is 0 Å². The number of nitrogens with one attached hydrogen (secondary N) is 1. The Hall–Kier alpha value is -1.30. The summed E-state index contributed by atoms with van der Waals surface area (Å²) in [6, 6.07) is -0.351. The summed E-state index contributed by atoms with van der Waals surface area (Å²) < 4.78 is 0. The van der Waals surface area contributed by atoms with E-state index in [4.69, 9.17) is 5.11 Å². The van der Waals surface area contributed by atoms with Crippen molar-refractivity contribution >= 4 is 12.0 Å². The molecule has 16 heavy (non-hydrogen) atoms. The number of amides is 2. The normalized spacial score (nSPS) is 17.2. The van der Waals surface area contributed by atoms with E-state index >= 15 is 0 Å². The first-order valence-electron chi connectivity index (χ1n) is 5.52. The van der Waals surface area contributed by atoms with E-state index in [1.54, 1.807) is 4.90 Å². The van der Waals surface area contributed by atoms with Crippen LogP contribution in [0.5, 0.6) is 0 Å². The molecule has 0 bridgehead atoms. The van der Waals surface area contributed by atoms with Gasteiger partial charge in [-0.05, 0) is 18.8 Å². The second-order valence-corrected chi connectivity index (χ2v) is 3.93. The van der Waals surface area contributed by atoms with Crippen molar-refractivity contribution in [2.45, 2.75) is 26.2 Å². The number of hydrogen-bond acceptors (Lipinski definition) is 3. The first-order chi connectivity index (χ1) is 7.63. The molecule has 0 aromatic carbocycles. The number of rotatable bonds is 4. The molecule has 1 rings (SSSR count). The van der Waals surface area contributed by atoms with Crippen molar-refractivity contribution < 1.29 is 19.5 Å². The average molecular weight is 230 g/mol. The van der Waals surface area contributed by atoms with Crippen molar-refractivity contribution in [2.24, 2.45) is 5.92 Å². The number of carboxylic acids is 1. The number of hydrogen-bond donors (Lipinski definition) is 2. The summed E-state index contributed by atoms with van der Waals surface area (Å²) >= 11 is 0. The summed E-state index contributed by atoms with van der Waals surface area (Å²) in [7, 11) is 0. The standard InChI is InChI=1S/C10H18N2O4/c1-2-8-3-5-12(6-4-8)10(15)11-16-7-9(13)14/h8H,2-7H2,1H3,(H,11,15)(H,13,14). The molecule has 1 fully saturated rings. The van der Waals surface area contributed by atoms with Crippen molar-refractivity contribution in [1.82, 2.24) is 10.4 Å². The second kappa shape index (κ2) is 6.32. The van der Waals surface area contributed by atoms with E-state index in [1.165, 1.54) is 0 Å². The molecular weight excluding hydrogens is 212 g/mol. The van der Waals surface area contributed by atoms with Gasteiger partial charge in [0.2, 0.25) is 0 Å². The maximum absolute atomic E-state index is 11.5. The maximum Gasteiger partial charge on any atom is 0.341 e. The van der Waals surface area contributed by atoms with Crippen LogP contribution in [0.25, 0.3) is 0 Å². The Labute approximate surface area is 94.5 Å². The Morgan fingerprint density at radius 2 is 2.06 bits per heavy atom. The molecule has 2 N–H and O–H groups in total. The van der Waals surface area contributed by atoms with Crippen molar-refractivity contribution in [1.29, 1.82) is 0 Å². The third-order valence-corrected chi connectivity index (χ3v) is 2.83. The van der Waals surface area contributed by atoms with Crippen molar-refractivity contribution in [3.63, 3.8) is 0 Å². The fourth-order valence-corrected chi connectivity index (χ4v) is 1.77. The molecule has 0 aliphatic carbocycles. The Morgan fingerprint density at radius 3 is 2.56 bits per heavy atom. The van der Waals surface area contributed by atoms with Gasteiger partial charge >= 0.3 is 12.0 Å².